The van der Waals surface area contributed by atoms with Crippen LogP contribution in [0.1, 0.15) is 24.1 Å². The molecule has 1 atom stereocenters. The maximum atomic E-state index is 5.82. The van der Waals surface area contributed by atoms with E-state index in [9.17, 15) is 0 Å². The number of rotatable bonds is 3. The first-order valence-electron chi connectivity index (χ1n) is 5.17. The van der Waals surface area contributed by atoms with Gasteiger partial charge < -0.3 is 5.73 Å². The van der Waals surface area contributed by atoms with Crippen molar-refractivity contribution in [2.24, 2.45) is 5.73 Å². The molecular formula is C12H14ClN3. The van der Waals surface area contributed by atoms with Crippen molar-refractivity contribution in [1.29, 1.82) is 0 Å². The van der Waals surface area contributed by atoms with Crippen LogP contribution in [0.2, 0.25) is 5.02 Å². The van der Waals surface area contributed by atoms with E-state index < -0.39 is 0 Å². The van der Waals surface area contributed by atoms with E-state index in [0.29, 0.717) is 0 Å². The minimum absolute atomic E-state index is 0.0268. The molecule has 0 saturated carbocycles. The first kappa shape index (κ1) is 11.2. The van der Waals surface area contributed by atoms with Gasteiger partial charge in [-0.1, -0.05) is 23.7 Å². The molecule has 0 radical (unpaired) electrons. The van der Waals surface area contributed by atoms with Gasteiger partial charge in [0.15, 0.2) is 0 Å². The van der Waals surface area contributed by atoms with Gasteiger partial charge in [0.2, 0.25) is 0 Å². The largest absolute Gasteiger partial charge is 0.324 e. The lowest BCUT2D eigenvalue weighted by Gasteiger charge is -2.02. The Kier molecular flexibility index (Phi) is 3.27. The van der Waals surface area contributed by atoms with Gasteiger partial charge in [-0.15, -0.1) is 0 Å². The van der Waals surface area contributed by atoms with Crippen LogP contribution in [0.3, 0.4) is 0 Å². The maximum Gasteiger partial charge on any atom is 0.0659 e. The monoisotopic (exact) mass is 235 g/mol. The van der Waals surface area contributed by atoms with Crippen LogP contribution in [-0.4, -0.2) is 9.78 Å². The van der Waals surface area contributed by atoms with Crippen molar-refractivity contribution in [2.75, 3.05) is 0 Å². The molecule has 4 heteroatoms. The predicted octanol–water partition coefficient (Wildman–Crippen LogP) is 2.60. The van der Waals surface area contributed by atoms with Gasteiger partial charge in [0.05, 0.1) is 12.7 Å². The van der Waals surface area contributed by atoms with E-state index in [4.69, 9.17) is 17.3 Å². The van der Waals surface area contributed by atoms with Crippen LogP contribution >= 0.6 is 11.6 Å². The molecular weight excluding hydrogens is 222 g/mol. The maximum absolute atomic E-state index is 5.82. The molecule has 0 fully saturated rings. The summed E-state index contributed by atoms with van der Waals surface area (Å²) in [5, 5.41) is 5.01. The van der Waals surface area contributed by atoms with Crippen molar-refractivity contribution in [1.82, 2.24) is 9.78 Å². The average Bonchev–Trinajstić information content (AvgIpc) is 2.70. The quantitative estimate of drug-likeness (QED) is 0.889. The highest BCUT2D eigenvalue weighted by atomic mass is 35.5. The SMILES string of the molecule is CC(N)c1cnn(Cc2ccc(Cl)cc2)c1. The van der Waals surface area contributed by atoms with Gasteiger partial charge in [-0.25, -0.2) is 0 Å². The van der Waals surface area contributed by atoms with Gasteiger partial charge in [0, 0.05) is 22.8 Å². The molecule has 84 valence electrons. The third-order valence-electron chi connectivity index (χ3n) is 2.44. The third kappa shape index (κ3) is 2.62. The predicted molar refractivity (Wildman–Crippen MR) is 65.4 cm³/mol. The average molecular weight is 236 g/mol. The minimum Gasteiger partial charge on any atom is -0.324 e. The molecule has 2 aromatic rings. The summed E-state index contributed by atoms with van der Waals surface area (Å²) in [7, 11) is 0. The number of halogens is 1. The smallest absolute Gasteiger partial charge is 0.0659 e. The second-order valence-corrected chi connectivity index (χ2v) is 4.32. The van der Waals surface area contributed by atoms with E-state index in [1.165, 1.54) is 5.56 Å². The molecule has 1 aromatic heterocycles. The Balaban J connectivity index is 2.11. The lowest BCUT2D eigenvalue weighted by atomic mass is 10.2. The van der Waals surface area contributed by atoms with Crippen molar-refractivity contribution in [3.05, 3.63) is 52.8 Å². The van der Waals surface area contributed by atoms with Crippen molar-refractivity contribution in [3.8, 4) is 0 Å². The molecule has 1 unspecified atom stereocenters. The summed E-state index contributed by atoms with van der Waals surface area (Å²) in [6.45, 7) is 2.69. The fourth-order valence-electron chi connectivity index (χ4n) is 1.48. The van der Waals surface area contributed by atoms with Gasteiger partial charge in [-0.3, -0.25) is 4.68 Å². The van der Waals surface area contributed by atoms with Gasteiger partial charge in [-0.2, -0.15) is 5.10 Å². The van der Waals surface area contributed by atoms with Crippen LogP contribution in [0.25, 0.3) is 0 Å². The van der Waals surface area contributed by atoms with E-state index in [-0.39, 0.29) is 6.04 Å². The van der Waals surface area contributed by atoms with Gasteiger partial charge in [-0.05, 0) is 24.6 Å². The van der Waals surface area contributed by atoms with Crippen LogP contribution in [0.15, 0.2) is 36.7 Å². The molecule has 0 bridgehead atoms. The van der Waals surface area contributed by atoms with Crippen molar-refractivity contribution < 1.29 is 0 Å². The van der Waals surface area contributed by atoms with Crippen molar-refractivity contribution in [3.63, 3.8) is 0 Å². The number of hydrogen-bond acceptors (Lipinski definition) is 2. The van der Waals surface area contributed by atoms with Crippen LogP contribution in [0.5, 0.6) is 0 Å². The zero-order chi connectivity index (χ0) is 11.5. The van der Waals surface area contributed by atoms with E-state index in [2.05, 4.69) is 5.10 Å². The molecule has 0 amide bonds. The zero-order valence-electron chi connectivity index (χ0n) is 9.10. The highest BCUT2D eigenvalue weighted by Gasteiger charge is 2.03. The van der Waals surface area contributed by atoms with E-state index >= 15 is 0 Å². The van der Waals surface area contributed by atoms with Gasteiger partial charge >= 0.3 is 0 Å². The Bertz CT molecular complexity index is 459. The lowest BCUT2D eigenvalue weighted by molar-refractivity contribution is 0.684. The Morgan fingerprint density at radius 2 is 2.06 bits per heavy atom. The summed E-state index contributed by atoms with van der Waals surface area (Å²) in [5.41, 5.74) is 7.99. The fourth-order valence-corrected chi connectivity index (χ4v) is 1.60. The Morgan fingerprint density at radius 1 is 1.38 bits per heavy atom. The van der Waals surface area contributed by atoms with Crippen LogP contribution in [0.4, 0.5) is 0 Å². The highest BCUT2D eigenvalue weighted by Crippen LogP contribution is 2.12. The Morgan fingerprint density at radius 3 is 2.62 bits per heavy atom. The third-order valence-corrected chi connectivity index (χ3v) is 2.69. The number of benzene rings is 1. The van der Waals surface area contributed by atoms with Crippen LogP contribution < -0.4 is 5.73 Å². The second kappa shape index (κ2) is 4.68. The highest BCUT2D eigenvalue weighted by molar-refractivity contribution is 6.30. The molecule has 16 heavy (non-hydrogen) atoms. The second-order valence-electron chi connectivity index (χ2n) is 3.89. The normalized spacial score (nSPS) is 12.7. The summed E-state index contributed by atoms with van der Waals surface area (Å²) in [6, 6.07) is 7.78. The number of nitrogens with zero attached hydrogens (tertiary/aromatic N) is 2. The molecule has 0 aliphatic carbocycles. The first-order chi connectivity index (χ1) is 7.65. The van der Waals surface area contributed by atoms with E-state index in [1.54, 1.807) is 6.20 Å². The van der Waals surface area contributed by atoms with E-state index in [1.807, 2.05) is 42.1 Å². The van der Waals surface area contributed by atoms with Crippen molar-refractivity contribution in [2.45, 2.75) is 19.5 Å². The van der Waals surface area contributed by atoms with Crippen molar-refractivity contribution >= 4 is 11.6 Å². The number of aromatic nitrogens is 2. The van der Waals surface area contributed by atoms with Crippen LogP contribution in [0, 0.1) is 0 Å². The Hall–Kier alpha value is -1.32. The number of hydrogen-bond donors (Lipinski definition) is 1. The molecule has 0 aliphatic rings. The molecule has 0 aliphatic heterocycles. The standard InChI is InChI=1S/C12H14ClN3/c1-9(14)11-6-15-16(8-11)7-10-2-4-12(13)5-3-10/h2-6,8-9H,7,14H2,1H3. The molecule has 1 heterocycles. The molecule has 3 nitrogen and oxygen atoms in total. The minimum atomic E-state index is 0.0268. The Labute approximate surface area is 99.8 Å². The van der Waals surface area contributed by atoms with E-state index in [0.717, 1.165) is 17.1 Å². The topological polar surface area (TPSA) is 43.8 Å². The zero-order valence-corrected chi connectivity index (χ0v) is 9.85. The summed E-state index contributed by atoms with van der Waals surface area (Å²) in [5.74, 6) is 0. The van der Waals surface area contributed by atoms with Gasteiger partial charge in [0.25, 0.3) is 0 Å². The lowest BCUT2D eigenvalue weighted by Crippen LogP contribution is -2.04. The summed E-state index contributed by atoms with van der Waals surface area (Å²) in [4.78, 5) is 0. The summed E-state index contributed by atoms with van der Waals surface area (Å²) >= 11 is 5.82. The summed E-state index contributed by atoms with van der Waals surface area (Å²) < 4.78 is 1.88. The fraction of sp³-hybridized carbons (Fsp3) is 0.250. The first-order valence-corrected chi connectivity index (χ1v) is 5.55. The molecule has 0 spiro atoms. The van der Waals surface area contributed by atoms with Gasteiger partial charge in [0.1, 0.15) is 0 Å². The molecule has 0 saturated heterocycles. The number of nitrogens with two attached hydrogens (primary N) is 1. The molecule has 1 aromatic carbocycles. The molecule has 2 rings (SSSR count). The summed E-state index contributed by atoms with van der Waals surface area (Å²) in [6.07, 6.45) is 3.78. The van der Waals surface area contributed by atoms with Crippen LogP contribution in [-0.2, 0) is 6.54 Å². The molecule has 2 N–H and O–H groups in total.